The maximum absolute atomic E-state index is 8.05. The molecule has 3 rings (SSSR count). The SMILES string of the molecule is Cc1ccc2ccc3c(c2c1)C(=N)C(=N)C=C3. The first-order valence-corrected chi connectivity index (χ1v) is 5.56. The van der Waals surface area contributed by atoms with Gasteiger partial charge in [0.2, 0.25) is 0 Å². The average Bonchev–Trinajstić information content (AvgIpc) is 2.33. The van der Waals surface area contributed by atoms with E-state index in [4.69, 9.17) is 10.8 Å². The Morgan fingerprint density at radius 2 is 1.71 bits per heavy atom. The molecular weight excluding hydrogens is 208 g/mol. The predicted octanol–water partition coefficient (Wildman–Crippen LogP) is 3.56. The second-order valence-corrected chi connectivity index (χ2v) is 4.38. The molecule has 0 aliphatic heterocycles. The lowest BCUT2D eigenvalue weighted by Crippen LogP contribution is -2.16. The molecule has 0 aromatic heterocycles. The van der Waals surface area contributed by atoms with Crippen molar-refractivity contribution in [1.29, 1.82) is 10.8 Å². The van der Waals surface area contributed by atoms with Crippen LogP contribution in [0, 0.1) is 17.7 Å². The summed E-state index contributed by atoms with van der Waals surface area (Å²) in [5.74, 6) is 0. The molecular formula is C15H12N2. The van der Waals surface area contributed by atoms with Gasteiger partial charge in [-0.2, -0.15) is 0 Å². The Morgan fingerprint density at radius 1 is 0.941 bits per heavy atom. The lowest BCUT2D eigenvalue weighted by molar-refractivity contribution is 1.45. The van der Waals surface area contributed by atoms with Gasteiger partial charge in [-0.25, -0.2) is 0 Å². The third-order valence-electron chi connectivity index (χ3n) is 3.16. The lowest BCUT2D eigenvalue weighted by Gasteiger charge is -2.15. The van der Waals surface area contributed by atoms with E-state index in [1.807, 2.05) is 19.1 Å². The van der Waals surface area contributed by atoms with E-state index in [1.54, 1.807) is 6.08 Å². The zero-order valence-electron chi connectivity index (χ0n) is 9.54. The fourth-order valence-electron chi connectivity index (χ4n) is 2.26. The first kappa shape index (κ1) is 9.97. The number of fused-ring (bicyclic) bond motifs is 3. The van der Waals surface area contributed by atoms with Gasteiger partial charge in [0, 0.05) is 5.56 Å². The number of hydrogen-bond donors (Lipinski definition) is 2. The molecule has 2 aromatic carbocycles. The molecule has 2 aromatic rings. The molecule has 0 unspecified atom stereocenters. The average molecular weight is 220 g/mol. The Hall–Kier alpha value is -2.22. The Labute approximate surface area is 99.6 Å². The summed E-state index contributed by atoms with van der Waals surface area (Å²) < 4.78 is 0. The molecule has 2 N–H and O–H groups in total. The monoisotopic (exact) mass is 220 g/mol. The molecule has 1 aliphatic rings. The van der Waals surface area contributed by atoms with E-state index >= 15 is 0 Å². The van der Waals surface area contributed by atoms with Crippen molar-refractivity contribution >= 4 is 28.3 Å². The number of aryl methyl sites for hydroxylation is 1. The minimum absolute atomic E-state index is 0.284. The molecule has 0 saturated carbocycles. The molecule has 0 bridgehead atoms. The van der Waals surface area contributed by atoms with E-state index in [9.17, 15) is 0 Å². The van der Waals surface area contributed by atoms with Crippen LogP contribution >= 0.6 is 0 Å². The molecule has 0 heterocycles. The molecule has 2 nitrogen and oxygen atoms in total. The Kier molecular flexibility index (Phi) is 1.99. The highest BCUT2D eigenvalue weighted by Crippen LogP contribution is 2.27. The van der Waals surface area contributed by atoms with Gasteiger partial charge in [-0.15, -0.1) is 0 Å². The fraction of sp³-hybridized carbons (Fsp3) is 0.0667. The second kappa shape index (κ2) is 3.39. The summed E-state index contributed by atoms with van der Waals surface area (Å²) in [6.45, 7) is 2.05. The summed E-state index contributed by atoms with van der Waals surface area (Å²) in [5, 5.41) is 18.0. The summed E-state index contributed by atoms with van der Waals surface area (Å²) in [4.78, 5) is 0. The normalized spacial score (nSPS) is 14.2. The van der Waals surface area contributed by atoms with Crippen molar-refractivity contribution in [2.75, 3.05) is 0 Å². The number of hydrogen-bond acceptors (Lipinski definition) is 2. The van der Waals surface area contributed by atoms with E-state index in [1.165, 1.54) is 5.56 Å². The maximum atomic E-state index is 8.05. The maximum Gasteiger partial charge on any atom is 0.0873 e. The Bertz CT molecular complexity index is 693. The molecule has 0 amide bonds. The van der Waals surface area contributed by atoms with Crippen LogP contribution in [-0.2, 0) is 0 Å². The van der Waals surface area contributed by atoms with Crippen LogP contribution in [0.4, 0.5) is 0 Å². The number of allylic oxidation sites excluding steroid dienone is 1. The Morgan fingerprint density at radius 3 is 2.53 bits per heavy atom. The van der Waals surface area contributed by atoms with E-state index in [0.717, 1.165) is 21.9 Å². The van der Waals surface area contributed by atoms with Gasteiger partial charge in [-0.1, -0.05) is 42.0 Å². The van der Waals surface area contributed by atoms with Crippen LogP contribution in [0.2, 0.25) is 0 Å². The van der Waals surface area contributed by atoms with E-state index in [0.29, 0.717) is 5.71 Å². The summed E-state index contributed by atoms with van der Waals surface area (Å²) in [6.07, 6.45) is 3.60. The van der Waals surface area contributed by atoms with Gasteiger partial charge in [-0.05, 0) is 29.3 Å². The van der Waals surface area contributed by atoms with Gasteiger partial charge >= 0.3 is 0 Å². The van der Waals surface area contributed by atoms with Gasteiger partial charge in [0.25, 0.3) is 0 Å². The molecule has 0 fully saturated rings. The van der Waals surface area contributed by atoms with Crippen molar-refractivity contribution in [3.8, 4) is 0 Å². The minimum atomic E-state index is 0.284. The van der Waals surface area contributed by atoms with Gasteiger partial charge in [0.05, 0.1) is 11.4 Å². The smallest absolute Gasteiger partial charge is 0.0873 e. The lowest BCUT2D eigenvalue weighted by atomic mass is 9.89. The van der Waals surface area contributed by atoms with Crippen molar-refractivity contribution < 1.29 is 0 Å². The summed E-state index contributed by atoms with van der Waals surface area (Å²) >= 11 is 0. The molecule has 2 heteroatoms. The van der Waals surface area contributed by atoms with Crippen molar-refractivity contribution in [2.24, 2.45) is 0 Å². The summed E-state index contributed by atoms with van der Waals surface area (Å²) in [6, 6.07) is 10.3. The molecule has 0 saturated heterocycles. The highest BCUT2D eigenvalue weighted by Gasteiger charge is 2.17. The predicted molar refractivity (Wildman–Crippen MR) is 72.3 cm³/mol. The molecule has 0 atom stereocenters. The van der Waals surface area contributed by atoms with Crippen LogP contribution in [0.3, 0.4) is 0 Å². The summed E-state index contributed by atoms with van der Waals surface area (Å²) in [5.41, 5.74) is 3.70. The molecule has 82 valence electrons. The Balaban J connectivity index is 2.46. The zero-order valence-corrected chi connectivity index (χ0v) is 9.54. The topological polar surface area (TPSA) is 47.7 Å². The van der Waals surface area contributed by atoms with Crippen LogP contribution in [0.1, 0.15) is 16.7 Å². The highest BCUT2D eigenvalue weighted by molar-refractivity contribution is 6.53. The van der Waals surface area contributed by atoms with Crippen LogP contribution in [0.5, 0.6) is 0 Å². The fourth-order valence-corrected chi connectivity index (χ4v) is 2.26. The molecule has 0 radical (unpaired) electrons. The van der Waals surface area contributed by atoms with Crippen molar-refractivity contribution in [2.45, 2.75) is 6.92 Å². The van der Waals surface area contributed by atoms with Crippen LogP contribution in [0.25, 0.3) is 16.8 Å². The minimum Gasteiger partial charge on any atom is -0.299 e. The third kappa shape index (κ3) is 1.41. The number of benzene rings is 2. The standard InChI is InChI=1S/C15H12N2/c1-9-2-3-10-4-5-11-6-7-13(16)15(17)14(11)12(10)8-9/h2-8,16-17H,1H3. The summed E-state index contributed by atoms with van der Waals surface area (Å²) in [7, 11) is 0. The first-order chi connectivity index (χ1) is 8.16. The van der Waals surface area contributed by atoms with Crippen LogP contribution < -0.4 is 0 Å². The molecule has 17 heavy (non-hydrogen) atoms. The van der Waals surface area contributed by atoms with Gasteiger partial charge in [0.1, 0.15) is 0 Å². The van der Waals surface area contributed by atoms with Crippen molar-refractivity contribution in [3.63, 3.8) is 0 Å². The third-order valence-corrected chi connectivity index (χ3v) is 3.16. The molecule has 0 spiro atoms. The van der Waals surface area contributed by atoms with E-state index in [2.05, 4.69) is 24.3 Å². The van der Waals surface area contributed by atoms with E-state index < -0.39 is 0 Å². The van der Waals surface area contributed by atoms with Gasteiger partial charge < -0.3 is 0 Å². The van der Waals surface area contributed by atoms with E-state index in [-0.39, 0.29) is 5.71 Å². The highest BCUT2D eigenvalue weighted by atomic mass is 14.5. The zero-order chi connectivity index (χ0) is 12.0. The van der Waals surface area contributed by atoms with Crippen molar-refractivity contribution in [3.05, 3.63) is 53.1 Å². The van der Waals surface area contributed by atoms with Crippen LogP contribution in [-0.4, -0.2) is 11.4 Å². The number of nitrogens with one attached hydrogen (secondary N) is 2. The second-order valence-electron chi connectivity index (χ2n) is 4.38. The van der Waals surface area contributed by atoms with Gasteiger partial charge in [-0.3, -0.25) is 10.8 Å². The van der Waals surface area contributed by atoms with Gasteiger partial charge in [0.15, 0.2) is 0 Å². The first-order valence-electron chi connectivity index (χ1n) is 5.56. The molecule has 1 aliphatic carbocycles. The van der Waals surface area contributed by atoms with Crippen molar-refractivity contribution in [1.82, 2.24) is 0 Å². The van der Waals surface area contributed by atoms with Crippen LogP contribution in [0.15, 0.2) is 36.4 Å². The largest absolute Gasteiger partial charge is 0.299 e. The number of rotatable bonds is 0. The quantitative estimate of drug-likeness (QED) is 0.682.